The first-order valence-corrected chi connectivity index (χ1v) is 7.59. The van der Waals surface area contributed by atoms with Crippen LogP contribution in [0, 0.1) is 12.8 Å². The number of hydrogen-bond acceptors (Lipinski definition) is 2. The Morgan fingerprint density at radius 3 is 2.80 bits per heavy atom. The molecule has 2 amide bonds. The van der Waals surface area contributed by atoms with E-state index in [1.807, 2.05) is 25.1 Å². The molecule has 1 unspecified atom stereocenters. The van der Waals surface area contributed by atoms with Crippen LogP contribution < -0.4 is 5.32 Å². The van der Waals surface area contributed by atoms with Gasteiger partial charge in [-0.2, -0.15) is 0 Å². The van der Waals surface area contributed by atoms with Crippen LogP contribution in [-0.4, -0.2) is 36.9 Å². The summed E-state index contributed by atoms with van der Waals surface area (Å²) in [5.41, 5.74) is 1.77. The van der Waals surface area contributed by atoms with E-state index in [1.54, 1.807) is 11.9 Å². The summed E-state index contributed by atoms with van der Waals surface area (Å²) in [7, 11) is 1.64. The van der Waals surface area contributed by atoms with Crippen molar-refractivity contribution in [3.63, 3.8) is 0 Å². The number of hydrogen-bond donors (Lipinski definition) is 1. The van der Waals surface area contributed by atoms with Gasteiger partial charge in [0.25, 0.3) is 5.91 Å². The molecule has 1 saturated heterocycles. The van der Waals surface area contributed by atoms with Crippen molar-refractivity contribution >= 4 is 27.7 Å². The lowest BCUT2D eigenvalue weighted by molar-refractivity contribution is -0.125. The first kappa shape index (κ1) is 15.0. The number of piperidine rings is 1. The molecule has 20 heavy (non-hydrogen) atoms. The van der Waals surface area contributed by atoms with E-state index in [9.17, 15) is 9.59 Å². The summed E-state index contributed by atoms with van der Waals surface area (Å²) in [6, 6.07) is 5.62. The highest BCUT2D eigenvalue weighted by Gasteiger charge is 2.28. The summed E-state index contributed by atoms with van der Waals surface area (Å²) in [6.45, 7) is 3.21. The maximum Gasteiger partial charge on any atom is 0.253 e. The number of carbonyl (C=O) groups is 2. The lowest BCUT2D eigenvalue weighted by Crippen LogP contribution is -2.44. The van der Waals surface area contributed by atoms with Crippen LogP contribution >= 0.6 is 15.9 Å². The summed E-state index contributed by atoms with van der Waals surface area (Å²) >= 11 is 3.45. The summed E-state index contributed by atoms with van der Waals surface area (Å²) < 4.78 is 0.934. The van der Waals surface area contributed by atoms with Gasteiger partial charge in [0.15, 0.2) is 0 Å². The van der Waals surface area contributed by atoms with E-state index in [2.05, 4.69) is 21.2 Å². The molecule has 1 aliphatic rings. The maximum atomic E-state index is 12.5. The minimum atomic E-state index is -0.0911. The van der Waals surface area contributed by atoms with E-state index >= 15 is 0 Å². The van der Waals surface area contributed by atoms with Crippen molar-refractivity contribution in [1.29, 1.82) is 0 Å². The topological polar surface area (TPSA) is 49.4 Å². The van der Waals surface area contributed by atoms with Crippen LogP contribution in [0.1, 0.15) is 28.8 Å². The molecule has 1 aliphatic heterocycles. The van der Waals surface area contributed by atoms with Crippen LogP contribution in [0.5, 0.6) is 0 Å². The first-order chi connectivity index (χ1) is 9.52. The molecular formula is C15H19BrN2O2. The fraction of sp³-hybridized carbons (Fsp3) is 0.467. The number of carbonyl (C=O) groups excluding carboxylic acids is 2. The van der Waals surface area contributed by atoms with Crippen molar-refractivity contribution in [2.24, 2.45) is 5.92 Å². The normalized spacial score (nSPS) is 18.8. The van der Waals surface area contributed by atoms with Crippen molar-refractivity contribution in [3.05, 3.63) is 33.8 Å². The van der Waals surface area contributed by atoms with Gasteiger partial charge in [-0.25, -0.2) is 0 Å². The number of nitrogens with zero attached hydrogens (tertiary/aromatic N) is 1. The SMILES string of the molecule is CNC(=O)C1CCCN(C(=O)c2ccc(C)c(Br)c2)C1. The summed E-state index contributed by atoms with van der Waals surface area (Å²) in [6.07, 6.45) is 1.72. The molecule has 0 aromatic heterocycles. The Bertz CT molecular complexity index is 531. The number of likely N-dealkylation sites (tertiary alicyclic amines) is 1. The molecule has 1 N–H and O–H groups in total. The fourth-order valence-electron chi connectivity index (χ4n) is 2.49. The van der Waals surface area contributed by atoms with Gasteiger partial charge in [0.1, 0.15) is 0 Å². The number of rotatable bonds is 2. The van der Waals surface area contributed by atoms with Crippen LogP contribution in [0.3, 0.4) is 0 Å². The van der Waals surface area contributed by atoms with Crippen molar-refractivity contribution in [2.75, 3.05) is 20.1 Å². The Kier molecular flexibility index (Phi) is 4.81. The first-order valence-electron chi connectivity index (χ1n) is 6.80. The summed E-state index contributed by atoms with van der Waals surface area (Å²) in [5, 5.41) is 2.67. The average Bonchev–Trinajstić information content (AvgIpc) is 2.48. The van der Waals surface area contributed by atoms with Crippen LogP contribution in [0.25, 0.3) is 0 Å². The number of amides is 2. The number of benzene rings is 1. The standard InChI is InChI=1S/C15H19BrN2O2/c1-10-5-6-11(8-13(10)16)15(20)18-7-3-4-12(9-18)14(19)17-2/h5-6,8,12H,3-4,7,9H2,1-2H3,(H,17,19). The average molecular weight is 339 g/mol. The molecule has 0 saturated carbocycles. The van der Waals surface area contributed by atoms with E-state index in [0.717, 1.165) is 29.4 Å². The summed E-state index contributed by atoms with van der Waals surface area (Å²) in [5.74, 6) is -0.0709. The molecule has 5 heteroatoms. The quantitative estimate of drug-likeness (QED) is 0.899. The molecule has 2 rings (SSSR count). The highest BCUT2D eigenvalue weighted by Crippen LogP contribution is 2.22. The third-order valence-corrected chi connectivity index (χ3v) is 4.60. The predicted octanol–water partition coefficient (Wildman–Crippen LogP) is 2.36. The minimum absolute atomic E-state index is 0.000645. The molecule has 4 nitrogen and oxygen atoms in total. The molecule has 1 fully saturated rings. The van der Waals surface area contributed by atoms with Gasteiger partial charge >= 0.3 is 0 Å². The third kappa shape index (κ3) is 3.20. The van der Waals surface area contributed by atoms with Gasteiger partial charge in [0, 0.05) is 30.2 Å². The molecule has 1 atom stereocenters. The monoisotopic (exact) mass is 338 g/mol. The summed E-state index contributed by atoms with van der Waals surface area (Å²) in [4.78, 5) is 26.0. The van der Waals surface area contributed by atoms with Crippen molar-refractivity contribution in [3.8, 4) is 0 Å². The van der Waals surface area contributed by atoms with Gasteiger partial charge in [-0.15, -0.1) is 0 Å². The molecule has 0 bridgehead atoms. The largest absolute Gasteiger partial charge is 0.359 e. The van der Waals surface area contributed by atoms with Crippen molar-refractivity contribution in [1.82, 2.24) is 10.2 Å². The molecule has 0 spiro atoms. The number of halogens is 1. The maximum absolute atomic E-state index is 12.5. The fourth-order valence-corrected chi connectivity index (χ4v) is 2.87. The van der Waals surface area contributed by atoms with E-state index in [1.165, 1.54) is 0 Å². The Labute approximate surface area is 127 Å². The van der Waals surface area contributed by atoms with Gasteiger partial charge in [-0.3, -0.25) is 9.59 Å². The van der Waals surface area contributed by atoms with Crippen LogP contribution in [-0.2, 0) is 4.79 Å². The predicted molar refractivity (Wildman–Crippen MR) is 81.6 cm³/mol. The molecule has 1 aromatic carbocycles. The molecule has 1 heterocycles. The van der Waals surface area contributed by atoms with E-state index < -0.39 is 0 Å². The number of aryl methyl sites for hydroxylation is 1. The van der Waals surface area contributed by atoms with Crippen molar-refractivity contribution < 1.29 is 9.59 Å². The highest BCUT2D eigenvalue weighted by molar-refractivity contribution is 9.10. The Morgan fingerprint density at radius 2 is 2.15 bits per heavy atom. The Hall–Kier alpha value is -1.36. The zero-order valence-electron chi connectivity index (χ0n) is 11.8. The van der Waals surface area contributed by atoms with Crippen LogP contribution in [0.2, 0.25) is 0 Å². The molecule has 0 aliphatic carbocycles. The van der Waals surface area contributed by atoms with E-state index in [4.69, 9.17) is 0 Å². The minimum Gasteiger partial charge on any atom is -0.359 e. The molecule has 1 aromatic rings. The molecule has 108 valence electrons. The Balaban J connectivity index is 2.12. The smallest absolute Gasteiger partial charge is 0.253 e. The lowest BCUT2D eigenvalue weighted by atomic mass is 9.96. The van der Waals surface area contributed by atoms with Gasteiger partial charge in [0.05, 0.1) is 5.92 Å². The third-order valence-electron chi connectivity index (χ3n) is 3.74. The van der Waals surface area contributed by atoms with E-state index in [0.29, 0.717) is 12.1 Å². The molecule has 0 radical (unpaired) electrons. The number of nitrogens with one attached hydrogen (secondary N) is 1. The van der Waals surface area contributed by atoms with Crippen LogP contribution in [0.4, 0.5) is 0 Å². The Morgan fingerprint density at radius 1 is 1.40 bits per heavy atom. The lowest BCUT2D eigenvalue weighted by Gasteiger charge is -2.32. The van der Waals surface area contributed by atoms with Gasteiger partial charge in [-0.1, -0.05) is 22.0 Å². The van der Waals surface area contributed by atoms with Crippen molar-refractivity contribution in [2.45, 2.75) is 19.8 Å². The van der Waals surface area contributed by atoms with Crippen LogP contribution in [0.15, 0.2) is 22.7 Å². The second-order valence-electron chi connectivity index (χ2n) is 5.17. The van der Waals surface area contributed by atoms with Gasteiger partial charge in [-0.05, 0) is 37.5 Å². The second-order valence-corrected chi connectivity index (χ2v) is 6.02. The highest BCUT2D eigenvalue weighted by atomic mass is 79.9. The second kappa shape index (κ2) is 6.39. The van der Waals surface area contributed by atoms with Gasteiger partial charge in [0.2, 0.25) is 5.91 Å². The molecular weight excluding hydrogens is 320 g/mol. The van der Waals surface area contributed by atoms with Gasteiger partial charge < -0.3 is 10.2 Å². The van der Waals surface area contributed by atoms with E-state index in [-0.39, 0.29) is 17.7 Å². The zero-order chi connectivity index (χ0) is 14.7. The zero-order valence-corrected chi connectivity index (χ0v) is 13.4.